The van der Waals surface area contributed by atoms with E-state index in [1.54, 1.807) is 16.7 Å². The monoisotopic (exact) mass is 578 g/mol. The van der Waals surface area contributed by atoms with Crippen molar-refractivity contribution in [3.05, 3.63) is 48.4 Å². The van der Waals surface area contributed by atoms with Crippen LogP contribution in [0.1, 0.15) is 43.4 Å². The van der Waals surface area contributed by atoms with Crippen molar-refractivity contribution < 1.29 is 13.9 Å². The highest BCUT2D eigenvalue weighted by atomic mass is 32.2. The molecule has 10 heteroatoms. The van der Waals surface area contributed by atoms with Gasteiger partial charge in [0.15, 0.2) is 0 Å². The number of anilines is 1. The van der Waals surface area contributed by atoms with E-state index < -0.39 is 10.9 Å². The fourth-order valence-corrected chi connectivity index (χ4v) is 8.75. The largest absolute Gasteiger partial charge is 0.462 e. The molecule has 3 aliphatic heterocycles. The van der Waals surface area contributed by atoms with Gasteiger partial charge in [-0.25, -0.2) is 4.39 Å². The van der Waals surface area contributed by atoms with Crippen LogP contribution < -0.4 is 9.64 Å². The van der Waals surface area contributed by atoms with Crippen LogP contribution in [0.3, 0.4) is 0 Å². The number of halogens is 1. The number of nitrogens with zero attached hydrogens (tertiary/aromatic N) is 6. The van der Waals surface area contributed by atoms with Crippen LogP contribution in [0.2, 0.25) is 0 Å². The first-order valence-corrected chi connectivity index (χ1v) is 15.8. The lowest BCUT2D eigenvalue weighted by atomic mass is 9.72. The molecule has 4 heterocycles. The van der Waals surface area contributed by atoms with Crippen molar-refractivity contribution in [2.75, 3.05) is 50.5 Å². The van der Waals surface area contributed by atoms with Gasteiger partial charge in [-0.2, -0.15) is 27.0 Å². The molecule has 41 heavy (non-hydrogen) atoms. The minimum atomic E-state index is -0.960. The number of rotatable bonds is 6. The van der Waals surface area contributed by atoms with Crippen LogP contribution in [-0.2, 0) is 17.6 Å². The van der Waals surface area contributed by atoms with Crippen LogP contribution >= 0.6 is 11.8 Å². The van der Waals surface area contributed by atoms with Crippen LogP contribution in [0.4, 0.5) is 10.2 Å². The lowest BCUT2D eigenvalue weighted by Crippen LogP contribution is -2.55. The molecule has 0 aromatic carbocycles. The second kappa shape index (κ2) is 11.9. The van der Waals surface area contributed by atoms with E-state index in [4.69, 9.17) is 14.7 Å². The molecule has 0 N–H and O–H groups in total. The van der Waals surface area contributed by atoms with E-state index in [1.165, 1.54) is 12.0 Å². The number of amides is 1. The molecular formula is C31H39FN6O2S. The Bertz CT molecular complexity index is 1240. The van der Waals surface area contributed by atoms with E-state index in [0.717, 1.165) is 55.1 Å². The molecule has 2 radical (unpaired) electrons. The van der Waals surface area contributed by atoms with E-state index >= 15 is 4.39 Å². The maximum atomic E-state index is 16.3. The number of alkyl halides is 1. The molecule has 1 aromatic heterocycles. The van der Waals surface area contributed by atoms with Crippen LogP contribution in [-0.4, -0.2) is 94.3 Å². The molecule has 8 nitrogen and oxygen atoms in total. The number of hydrogen-bond acceptors (Lipinski definition) is 8. The van der Waals surface area contributed by atoms with Gasteiger partial charge in [-0.15, -0.1) is 0 Å². The molecule has 218 valence electrons. The Morgan fingerprint density at radius 2 is 2.22 bits per heavy atom. The highest BCUT2D eigenvalue weighted by Gasteiger charge is 2.53. The fraction of sp³-hybridized carbons (Fsp3) is 0.613. The Morgan fingerprint density at radius 3 is 3.00 bits per heavy atom. The second-order valence-corrected chi connectivity index (χ2v) is 13.4. The number of likely N-dealkylation sites (tertiary alicyclic amines) is 1. The summed E-state index contributed by atoms with van der Waals surface area (Å²) in [7, 11) is 2.12. The van der Waals surface area contributed by atoms with Crippen molar-refractivity contribution in [2.24, 2.45) is 5.92 Å². The SMILES string of the molecule is C=CC(=O)N1CCN(c2nc(OCC3CCCN3C)nc3c2CC[C@@]2(C3)SC[C]3CC=C[CH]C3C2F)CC1CC#N. The Labute approximate surface area is 247 Å². The fourth-order valence-electron chi connectivity index (χ4n) is 7.18. The van der Waals surface area contributed by atoms with Crippen molar-refractivity contribution in [1.82, 2.24) is 19.8 Å². The molecule has 2 aliphatic carbocycles. The number of carbonyl (C=O) groups excluding carboxylic acids is 1. The van der Waals surface area contributed by atoms with E-state index in [2.05, 4.69) is 35.6 Å². The van der Waals surface area contributed by atoms with Gasteiger partial charge in [0.05, 0.1) is 29.0 Å². The van der Waals surface area contributed by atoms with Crippen molar-refractivity contribution in [3.8, 4) is 12.1 Å². The Balaban J connectivity index is 1.30. The molecule has 0 bridgehead atoms. The first kappa shape index (κ1) is 28.5. The van der Waals surface area contributed by atoms with Gasteiger partial charge in [0.25, 0.3) is 0 Å². The number of aromatic nitrogens is 2. The van der Waals surface area contributed by atoms with E-state index in [-0.39, 0.29) is 24.3 Å². The minimum Gasteiger partial charge on any atom is -0.462 e. The Kier molecular flexibility index (Phi) is 8.28. The zero-order chi connectivity index (χ0) is 28.6. The summed E-state index contributed by atoms with van der Waals surface area (Å²) in [6.45, 7) is 6.77. The first-order chi connectivity index (χ1) is 19.9. The second-order valence-electron chi connectivity index (χ2n) is 12.0. The average molecular weight is 579 g/mol. The van der Waals surface area contributed by atoms with E-state index in [0.29, 0.717) is 51.1 Å². The van der Waals surface area contributed by atoms with Gasteiger partial charge in [0.2, 0.25) is 5.91 Å². The topological polar surface area (TPSA) is 85.6 Å². The van der Waals surface area contributed by atoms with Gasteiger partial charge in [0.1, 0.15) is 18.6 Å². The van der Waals surface area contributed by atoms with Crippen molar-refractivity contribution in [1.29, 1.82) is 5.26 Å². The first-order valence-electron chi connectivity index (χ1n) is 14.8. The molecule has 5 aliphatic rings. The summed E-state index contributed by atoms with van der Waals surface area (Å²) in [4.78, 5) is 28.6. The van der Waals surface area contributed by atoms with E-state index in [9.17, 15) is 10.1 Å². The van der Waals surface area contributed by atoms with Crippen LogP contribution in [0.5, 0.6) is 6.01 Å². The molecule has 3 saturated heterocycles. The molecule has 6 rings (SSSR count). The third kappa shape index (κ3) is 5.48. The molecule has 0 saturated carbocycles. The molecule has 4 unspecified atom stereocenters. The summed E-state index contributed by atoms with van der Waals surface area (Å²) in [6, 6.07) is 2.65. The normalized spacial score (nSPS) is 31.9. The minimum absolute atomic E-state index is 0.125. The third-order valence-corrected chi connectivity index (χ3v) is 11.3. The zero-order valence-electron chi connectivity index (χ0n) is 23.8. The number of piperazine rings is 1. The summed E-state index contributed by atoms with van der Waals surface area (Å²) in [5.74, 6) is 2.69. The molecule has 1 spiro atoms. The van der Waals surface area contributed by atoms with Crippen molar-refractivity contribution in [3.63, 3.8) is 0 Å². The quantitative estimate of drug-likeness (QED) is 0.472. The van der Waals surface area contributed by atoms with Gasteiger partial charge >= 0.3 is 6.01 Å². The predicted molar refractivity (Wildman–Crippen MR) is 158 cm³/mol. The van der Waals surface area contributed by atoms with Crippen LogP contribution in [0.15, 0.2) is 24.8 Å². The highest BCUT2D eigenvalue weighted by Crippen LogP contribution is 2.54. The lowest BCUT2D eigenvalue weighted by Gasteiger charge is -2.49. The number of thioether (sulfide) groups is 1. The summed E-state index contributed by atoms with van der Waals surface area (Å²) in [6.07, 6.45) is 11.8. The lowest BCUT2D eigenvalue weighted by molar-refractivity contribution is -0.128. The van der Waals surface area contributed by atoms with Crippen molar-refractivity contribution in [2.45, 2.75) is 67.9 Å². The third-order valence-electron chi connectivity index (χ3n) is 9.63. The summed E-state index contributed by atoms with van der Waals surface area (Å²) in [5.41, 5.74) is 1.93. The van der Waals surface area contributed by atoms with Gasteiger partial charge in [-0.3, -0.25) is 4.79 Å². The highest BCUT2D eigenvalue weighted by molar-refractivity contribution is 8.00. The van der Waals surface area contributed by atoms with E-state index in [1.807, 2.05) is 12.5 Å². The van der Waals surface area contributed by atoms with Gasteiger partial charge in [-0.1, -0.05) is 18.7 Å². The molecular weight excluding hydrogens is 539 g/mol. The molecule has 5 atom stereocenters. The number of nitriles is 1. The predicted octanol–water partition coefficient (Wildman–Crippen LogP) is 3.73. The zero-order valence-corrected chi connectivity index (χ0v) is 24.6. The maximum absolute atomic E-state index is 16.3. The van der Waals surface area contributed by atoms with Gasteiger partial charge in [-0.05, 0) is 64.1 Å². The van der Waals surface area contributed by atoms with Crippen molar-refractivity contribution >= 4 is 23.5 Å². The smallest absolute Gasteiger partial charge is 0.318 e. The van der Waals surface area contributed by atoms with Crippen LogP contribution in [0.25, 0.3) is 0 Å². The number of ether oxygens (including phenoxy) is 1. The number of likely N-dealkylation sites (N-methyl/N-ethyl adjacent to an activating group) is 1. The van der Waals surface area contributed by atoms with Gasteiger partial charge in [0, 0.05) is 49.3 Å². The molecule has 3 fully saturated rings. The summed E-state index contributed by atoms with van der Waals surface area (Å²) in [5, 5.41) is 9.50. The van der Waals surface area contributed by atoms with Crippen LogP contribution in [0, 0.1) is 29.6 Å². The Hall–Kier alpha value is -2.64. The average Bonchev–Trinajstić information content (AvgIpc) is 3.41. The summed E-state index contributed by atoms with van der Waals surface area (Å²) < 4.78 is 22.1. The molecule has 1 aromatic rings. The molecule has 1 amide bonds. The maximum Gasteiger partial charge on any atom is 0.318 e. The number of allylic oxidation sites excluding steroid dienone is 2. The number of carbonyl (C=O) groups is 1. The number of fused-ring (bicyclic) bond motifs is 2. The standard InChI is InChI=1S/C31H39FN6O2S/c1-3-27(39)38-16-15-37(18-22(38)11-13-33)29-25-10-12-31(28(32)24-9-5-4-7-21(24)20-41-31)17-26(25)34-30(35-29)40-19-23-8-6-14-36(23)2/h3-5,9,22-24,28H,1,6-8,10-12,14-20H2,2H3/t22?,23?,24?,28?,31-/m0/s1. The Morgan fingerprint density at radius 1 is 1.34 bits per heavy atom. The summed E-state index contributed by atoms with van der Waals surface area (Å²) >= 11 is 1.76. The number of hydrogen-bond donors (Lipinski definition) is 0. The van der Waals surface area contributed by atoms with Gasteiger partial charge < -0.3 is 19.4 Å².